The van der Waals surface area contributed by atoms with Crippen molar-refractivity contribution < 1.29 is 13.9 Å². The Labute approximate surface area is 203 Å². The zero-order chi connectivity index (χ0) is 24.1. The number of likely N-dealkylation sites (N-methyl/N-ethyl adjacent to an activating group) is 1. The fourth-order valence-corrected chi connectivity index (χ4v) is 4.13. The summed E-state index contributed by atoms with van der Waals surface area (Å²) in [7, 11) is 3.77. The van der Waals surface area contributed by atoms with E-state index in [1.165, 1.54) is 12.1 Å². The fraction of sp³-hybridized carbons (Fsp3) is 0.320. The van der Waals surface area contributed by atoms with Crippen LogP contribution in [-0.4, -0.2) is 54.5 Å². The molecule has 1 aromatic carbocycles. The summed E-state index contributed by atoms with van der Waals surface area (Å²) in [5.74, 6) is 0.730. The number of halogens is 2. The van der Waals surface area contributed by atoms with Crippen molar-refractivity contribution in [1.82, 2.24) is 20.2 Å². The van der Waals surface area contributed by atoms with Crippen LogP contribution in [0, 0.1) is 5.82 Å². The first-order valence-electron chi connectivity index (χ1n) is 11.1. The van der Waals surface area contributed by atoms with Crippen molar-refractivity contribution in [2.24, 2.45) is 0 Å². The van der Waals surface area contributed by atoms with E-state index in [-0.39, 0.29) is 24.4 Å². The van der Waals surface area contributed by atoms with E-state index < -0.39 is 0 Å². The predicted molar refractivity (Wildman–Crippen MR) is 130 cm³/mol. The van der Waals surface area contributed by atoms with Crippen LogP contribution in [0.2, 0.25) is 5.02 Å². The van der Waals surface area contributed by atoms with E-state index in [1.807, 2.05) is 25.1 Å². The first-order chi connectivity index (χ1) is 16.5. The first kappa shape index (κ1) is 23.9. The average Bonchev–Trinajstić information content (AvgIpc) is 2.95. The van der Waals surface area contributed by atoms with Gasteiger partial charge in [0.25, 0.3) is 5.91 Å². The van der Waals surface area contributed by atoms with Crippen LogP contribution in [0.15, 0.2) is 54.9 Å². The lowest BCUT2D eigenvalue weighted by atomic mass is 10.1. The zero-order valence-corrected chi connectivity index (χ0v) is 19.9. The van der Waals surface area contributed by atoms with Crippen molar-refractivity contribution in [3.8, 4) is 5.75 Å². The number of nitrogens with zero attached hydrogens (tertiary/aromatic N) is 4. The number of hydrogen-bond donors (Lipinski definition) is 1. The summed E-state index contributed by atoms with van der Waals surface area (Å²) in [5.41, 5.74) is 1.87. The van der Waals surface area contributed by atoms with E-state index in [0.717, 1.165) is 5.56 Å². The van der Waals surface area contributed by atoms with E-state index in [9.17, 15) is 9.18 Å². The van der Waals surface area contributed by atoms with Crippen molar-refractivity contribution in [3.05, 3.63) is 82.5 Å². The third-order valence-corrected chi connectivity index (χ3v) is 6.09. The van der Waals surface area contributed by atoms with Gasteiger partial charge in [0.15, 0.2) is 0 Å². The molecule has 1 atom stereocenters. The highest BCUT2D eigenvalue weighted by Gasteiger charge is 2.26. The van der Waals surface area contributed by atoms with Crippen molar-refractivity contribution in [3.63, 3.8) is 0 Å². The summed E-state index contributed by atoms with van der Waals surface area (Å²) in [6, 6.07) is 11.6. The Bertz CT molecular complexity index is 1160. The van der Waals surface area contributed by atoms with E-state index in [1.54, 1.807) is 41.6 Å². The molecule has 1 N–H and O–H groups in total. The van der Waals surface area contributed by atoms with Gasteiger partial charge >= 0.3 is 0 Å². The lowest BCUT2D eigenvalue weighted by Gasteiger charge is -2.22. The van der Waals surface area contributed by atoms with Crippen LogP contribution in [0.1, 0.15) is 34.1 Å². The fourth-order valence-electron chi connectivity index (χ4n) is 3.92. The second-order valence-electron chi connectivity index (χ2n) is 8.18. The molecule has 1 aliphatic heterocycles. The maximum absolute atomic E-state index is 13.8. The number of benzene rings is 1. The molecule has 1 unspecified atom stereocenters. The van der Waals surface area contributed by atoms with E-state index in [2.05, 4.69) is 15.3 Å². The summed E-state index contributed by atoms with van der Waals surface area (Å²) in [4.78, 5) is 25.7. The van der Waals surface area contributed by atoms with Crippen LogP contribution >= 0.6 is 11.6 Å². The van der Waals surface area contributed by atoms with Crippen LogP contribution in [0.25, 0.3) is 0 Å². The highest BCUT2D eigenvalue weighted by atomic mass is 35.5. The molecule has 178 valence electrons. The van der Waals surface area contributed by atoms with E-state index in [0.29, 0.717) is 53.9 Å². The Kier molecular flexibility index (Phi) is 7.59. The molecular weight excluding hydrogens is 457 g/mol. The lowest BCUT2D eigenvalue weighted by molar-refractivity contribution is 0.0752. The van der Waals surface area contributed by atoms with Gasteiger partial charge in [-0.1, -0.05) is 23.7 Å². The number of pyridine rings is 2. The van der Waals surface area contributed by atoms with Gasteiger partial charge in [-0.25, -0.2) is 9.37 Å². The van der Waals surface area contributed by atoms with Gasteiger partial charge in [0.1, 0.15) is 23.5 Å². The third kappa shape index (κ3) is 5.46. The summed E-state index contributed by atoms with van der Waals surface area (Å²) >= 11 is 6.55. The van der Waals surface area contributed by atoms with Crippen LogP contribution < -0.4 is 15.0 Å². The van der Waals surface area contributed by atoms with E-state index in [4.69, 9.17) is 16.3 Å². The van der Waals surface area contributed by atoms with Crippen LogP contribution in [0.4, 0.5) is 10.2 Å². The highest BCUT2D eigenvalue weighted by Crippen LogP contribution is 2.29. The quantitative estimate of drug-likeness (QED) is 0.520. The SMILES string of the molecule is CNCCC(Oc1cnc(CN2CCN(C)c3ncccc3C2=O)c(Cl)c1)c1cccc(F)c1. The smallest absolute Gasteiger partial charge is 0.258 e. The first-order valence-corrected chi connectivity index (χ1v) is 11.5. The molecule has 3 aromatic rings. The molecule has 3 heterocycles. The number of carbonyl (C=O) groups is 1. The zero-order valence-electron chi connectivity index (χ0n) is 19.2. The number of ether oxygens (including phenoxy) is 1. The molecular formula is C25H27ClFN5O2. The minimum absolute atomic E-state index is 0.108. The third-order valence-electron chi connectivity index (χ3n) is 5.76. The molecule has 2 aromatic heterocycles. The summed E-state index contributed by atoms with van der Waals surface area (Å²) in [6.45, 7) is 2.14. The van der Waals surface area contributed by atoms with Gasteiger partial charge in [-0.05, 0) is 43.4 Å². The summed E-state index contributed by atoms with van der Waals surface area (Å²) in [6.07, 6.45) is 3.56. The molecule has 7 nitrogen and oxygen atoms in total. The summed E-state index contributed by atoms with van der Waals surface area (Å²) < 4.78 is 19.9. The number of amides is 1. The Morgan fingerprint density at radius 1 is 1.21 bits per heavy atom. The predicted octanol–water partition coefficient (Wildman–Crippen LogP) is 4.09. The molecule has 9 heteroatoms. The average molecular weight is 484 g/mol. The molecule has 34 heavy (non-hydrogen) atoms. The minimum Gasteiger partial charge on any atom is -0.484 e. The molecule has 1 aliphatic rings. The van der Waals surface area contributed by atoms with Crippen LogP contribution in [-0.2, 0) is 6.54 Å². The van der Waals surface area contributed by atoms with Gasteiger partial charge in [0.2, 0.25) is 0 Å². The number of aromatic nitrogens is 2. The van der Waals surface area contributed by atoms with Crippen molar-refractivity contribution in [2.75, 3.05) is 38.6 Å². The molecule has 0 fully saturated rings. The maximum atomic E-state index is 13.8. The van der Waals surface area contributed by atoms with Gasteiger partial charge in [-0.2, -0.15) is 0 Å². The highest BCUT2D eigenvalue weighted by molar-refractivity contribution is 6.31. The van der Waals surface area contributed by atoms with E-state index >= 15 is 0 Å². The van der Waals surface area contributed by atoms with Gasteiger partial charge in [0, 0.05) is 38.8 Å². The number of carbonyl (C=O) groups excluding carboxylic acids is 1. The maximum Gasteiger partial charge on any atom is 0.258 e. The number of nitrogens with one attached hydrogen (secondary N) is 1. The topological polar surface area (TPSA) is 70.6 Å². The van der Waals surface area contributed by atoms with Gasteiger partial charge < -0.3 is 19.9 Å². The molecule has 0 saturated carbocycles. The standard InChI is InChI=1S/C25H27ClFN5O2/c1-28-10-8-23(17-5-3-6-18(27)13-17)34-19-14-21(26)22(30-15-19)16-32-12-11-31(2)24-20(25(32)33)7-4-9-29-24/h3-7,9,13-15,23,28H,8,10-12,16H2,1-2H3. The second-order valence-corrected chi connectivity index (χ2v) is 8.58. The van der Waals surface area contributed by atoms with Crippen molar-refractivity contribution in [1.29, 1.82) is 0 Å². The lowest BCUT2D eigenvalue weighted by Crippen LogP contribution is -2.33. The second kappa shape index (κ2) is 10.8. The van der Waals surface area contributed by atoms with Crippen molar-refractivity contribution >= 4 is 23.3 Å². The molecule has 0 radical (unpaired) electrons. The monoisotopic (exact) mass is 483 g/mol. The largest absolute Gasteiger partial charge is 0.484 e. The minimum atomic E-state index is -0.362. The number of hydrogen-bond acceptors (Lipinski definition) is 6. The molecule has 0 bridgehead atoms. The Balaban J connectivity index is 1.51. The normalized spacial score (nSPS) is 14.5. The van der Waals surface area contributed by atoms with Gasteiger partial charge in [-0.15, -0.1) is 0 Å². The molecule has 0 saturated heterocycles. The van der Waals surface area contributed by atoms with Crippen LogP contribution in [0.3, 0.4) is 0 Å². The Morgan fingerprint density at radius 2 is 2.06 bits per heavy atom. The van der Waals surface area contributed by atoms with Gasteiger partial charge in [0.05, 0.1) is 29.0 Å². The van der Waals surface area contributed by atoms with Crippen LogP contribution in [0.5, 0.6) is 5.75 Å². The Morgan fingerprint density at radius 3 is 2.82 bits per heavy atom. The number of fused-ring (bicyclic) bond motifs is 1. The number of anilines is 1. The molecule has 1 amide bonds. The number of rotatable bonds is 8. The molecule has 4 rings (SSSR count). The molecule has 0 spiro atoms. The van der Waals surface area contributed by atoms with Crippen molar-refractivity contribution in [2.45, 2.75) is 19.1 Å². The summed E-state index contributed by atoms with van der Waals surface area (Å²) in [5, 5.41) is 3.50. The van der Waals surface area contributed by atoms with Gasteiger partial charge in [-0.3, -0.25) is 9.78 Å². The molecule has 0 aliphatic carbocycles. The Hall–Kier alpha value is -3.23.